The van der Waals surface area contributed by atoms with E-state index in [0.717, 1.165) is 0 Å². The normalized spacial score (nSPS) is 42.0. The van der Waals surface area contributed by atoms with Gasteiger partial charge in [0.25, 0.3) is 0 Å². The summed E-state index contributed by atoms with van der Waals surface area (Å²) in [7, 11) is 0. The molecule has 13 heavy (non-hydrogen) atoms. The second kappa shape index (κ2) is 3.50. The van der Waals surface area contributed by atoms with Gasteiger partial charge in [-0.1, -0.05) is 20.8 Å². The summed E-state index contributed by atoms with van der Waals surface area (Å²) in [5.41, 5.74) is -0.274. The quantitative estimate of drug-likeness (QED) is 0.554. The molecule has 0 heterocycles. The van der Waals surface area contributed by atoms with E-state index in [1.54, 1.807) is 0 Å². The van der Waals surface area contributed by atoms with Crippen LogP contribution < -0.4 is 0 Å². The average Bonchev–Trinajstić information content (AvgIpc) is 1.98. The minimum absolute atomic E-state index is 0.156. The second-order valence-electron chi connectivity index (χ2n) is 4.95. The molecule has 1 rings (SSSR count). The van der Waals surface area contributed by atoms with Crippen LogP contribution in [0.15, 0.2) is 0 Å². The van der Waals surface area contributed by atoms with Gasteiger partial charge in [-0.2, -0.15) is 0 Å². The van der Waals surface area contributed by atoms with Gasteiger partial charge in [-0.05, 0) is 24.2 Å². The van der Waals surface area contributed by atoms with Gasteiger partial charge in [0.2, 0.25) is 0 Å². The molecule has 0 amide bonds. The molecule has 78 valence electrons. The molecular formula is C10H17F3. The lowest BCUT2D eigenvalue weighted by Crippen LogP contribution is -2.44. The van der Waals surface area contributed by atoms with Crippen molar-refractivity contribution in [3.05, 3.63) is 0 Å². The first-order valence-electron chi connectivity index (χ1n) is 4.76. The number of alkyl halides is 3. The summed E-state index contributed by atoms with van der Waals surface area (Å²) in [6, 6.07) is 0. The molecule has 0 nitrogen and oxygen atoms in total. The molecule has 1 fully saturated rings. The molecular weight excluding hydrogens is 177 g/mol. The third kappa shape index (κ3) is 2.18. The van der Waals surface area contributed by atoms with Gasteiger partial charge in [0.15, 0.2) is 6.17 Å². The van der Waals surface area contributed by atoms with Crippen molar-refractivity contribution in [2.24, 2.45) is 11.3 Å². The summed E-state index contributed by atoms with van der Waals surface area (Å²) in [6.07, 6.45) is -4.55. The Hall–Kier alpha value is -0.210. The summed E-state index contributed by atoms with van der Waals surface area (Å²) >= 11 is 0. The van der Waals surface area contributed by atoms with E-state index in [9.17, 15) is 13.2 Å². The van der Waals surface area contributed by atoms with Crippen molar-refractivity contribution < 1.29 is 13.2 Å². The van der Waals surface area contributed by atoms with Crippen LogP contribution in [-0.4, -0.2) is 18.5 Å². The molecule has 3 heteroatoms. The first-order valence-corrected chi connectivity index (χ1v) is 4.76. The molecule has 0 aromatic rings. The lowest BCUT2D eigenvalue weighted by atomic mass is 9.70. The smallest absolute Gasteiger partial charge is 0.162 e. The zero-order valence-electron chi connectivity index (χ0n) is 8.36. The zero-order valence-corrected chi connectivity index (χ0v) is 8.36. The van der Waals surface area contributed by atoms with Crippen molar-refractivity contribution in [3.63, 3.8) is 0 Å². The van der Waals surface area contributed by atoms with Gasteiger partial charge < -0.3 is 0 Å². The van der Waals surface area contributed by atoms with E-state index in [4.69, 9.17) is 0 Å². The third-order valence-electron chi connectivity index (χ3n) is 2.90. The first-order chi connectivity index (χ1) is 5.84. The fourth-order valence-corrected chi connectivity index (χ4v) is 1.99. The van der Waals surface area contributed by atoms with E-state index in [1.165, 1.54) is 0 Å². The molecule has 0 saturated heterocycles. The Bertz CT molecular complexity index is 173. The predicted octanol–water partition coefficient (Wildman–Crippen LogP) is 3.46. The average molecular weight is 194 g/mol. The summed E-state index contributed by atoms with van der Waals surface area (Å²) in [5, 5.41) is 0. The largest absolute Gasteiger partial charge is 0.244 e. The topological polar surface area (TPSA) is 0 Å². The molecule has 0 aromatic carbocycles. The molecule has 0 aliphatic heterocycles. The van der Waals surface area contributed by atoms with Crippen LogP contribution >= 0.6 is 0 Å². The predicted molar refractivity (Wildman–Crippen MR) is 46.9 cm³/mol. The summed E-state index contributed by atoms with van der Waals surface area (Å²) < 4.78 is 39.1. The van der Waals surface area contributed by atoms with Crippen LogP contribution in [0.2, 0.25) is 0 Å². The Kier molecular flexibility index (Phi) is 2.93. The number of hydrogen-bond donors (Lipinski definition) is 0. The number of hydrogen-bond acceptors (Lipinski definition) is 0. The molecule has 4 atom stereocenters. The van der Waals surface area contributed by atoms with E-state index < -0.39 is 18.5 Å². The summed E-state index contributed by atoms with van der Waals surface area (Å²) in [6.45, 7) is 5.61. The lowest BCUT2D eigenvalue weighted by Gasteiger charge is -2.39. The summed E-state index contributed by atoms with van der Waals surface area (Å²) in [4.78, 5) is 0. The Balaban J connectivity index is 2.70. The van der Waals surface area contributed by atoms with Crippen molar-refractivity contribution >= 4 is 0 Å². The van der Waals surface area contributed by atoms with Crippen molar-refractivity contribution in [1.29, 1.82) is 0 Å². The van der Waals surface area contributed by atoms with Crippen molar-refractivity contribution in [3.8, 4) is 0 Å². The fourth-order valence-electron chi connectivity index (χ4n) is 1.99. The SMILES string of the molecule is CC(C)(C)C1CCC(F)C(F)C1F. The molecule has 1 aliphatic rings. The molecule has 0 bridgehead atoms. The van der Waals surface area contributed by atoms with Gasteiger partial charge in [0, 0.05) is 0 Å². The maximum absolute atomic E-state index is 13.4. The van der Waals surface area contributed by atoms with E-state index in [0.29, 0.717) is 6.42 Å². The van der Waals surface area contributed by atoms with Gasteiger partial charge >= 0.3 is 0 Å². The maximum atomic E-state index is 13.4. The highest BCUT2D eigenvalue weighted by atomic mass is 19.2. The number of rotatable bonds is 0. The van der Waals surface area contributed by atoms with E-state index in [2.05, 4.69) is 0 Å². The minimum Gasteiger partial charge on any atom is -0.244 e. The first kappa shape index (κ1) is 10.9. The van der Waals surface area contributed by atoms with Crippen LogP contribution in [0.25, 0.3) is 0 Å². The highest BCUT2D eigenvalue weighted by Gasteiger charge is 2.44. The standard InChI is InChI=1S/C10H17F3/c1-10(2,3)6-4-5-7(11)9(13)8(6)12/h6-9H,4-5H2,1-3H3. The van der Waals surface area contributed by atoms with Crippen LogP contribution in [0.3, 0.4) is 0 Å². The molecule has 0 radical (unpaired) electrons. The Morgan fingerprint density at radius 1 is 0.923 bits per heavy atom. The van der Waals surface area contributed by atoms with Gasteiger partial charge in [-0.3, -0.25) is 0 Å². The van der Waals surface area contributed by atoms with Crippen LogP contribution in [0.5, 0.6) is 0 Å². The highest BCUT2D eigenvalue weighted by molar-refractivity contribution is 4.92. The molecule has 1 saturated carbocycles. The fraction of sp³-hybridized carbons (Fsp3) is 1.00. The van der Waals surface area contributed by atoms with Gasteiger partial charge in [0.05, 0.1) is 0 Å². The van der Waals surface area contributed by atoms with Crippen molar-refractivity contribution in [1.82, 2.24) is 0 Å². The Morgan fingerprint density at radius 3 is 1.92 bits per heavy atom. The van der Waals surface area contributed by atoms with Crippen LogP contribution in [0.4, 0.5) is 13.2 Å². The molecule has 1 aliphatic carbocycles. The molecule has 0 N–H and O–H groups in total. The highest BCUT2D eigenvalue weighted by Crippen LogP contribution is 2.41. The Labute approximate surface area is 77.5 Å². The monoisotopic (exact) mass is 194 g/mol. The van der Waals surface area contributed by atoms with Crippen molar-refractivity contribution in [2.45, 2.75) is 52.1 Å². The van der Waals surface area contributed by atoms with Gasteiger partial charge in [0.1, 0.15) is 12.3 Å². The molecule has 0 aromatic heterocycles. The lowest BCUT2D eigenvalue weighted by molar-refractivity contribution is -0.0315. The van der Waals surface area contributed by atoms with Gasteiger partial charge in [-0.15, -0.1) is 0 Å². The third-order valence-corrected chi connectivity index (χ3v) is 2.90. The van der Waals surface area contributed by atoms with Crippen LogP contribution in [0.1, 0.15) is 33.6 Å². The van der Waals surface area contributed by atoms with Crippen LogP contribution in [-0.2, 0) is 0 Å². The Morgan fingerprint density at radius 2 is 1.46 bits per heavy atom. The zero-order chi connectivity index (χ0) is 10.2. The summed E-state index contributed by atoms with van der Waals surface area (Å²) in [5.74, 6) is -0.352. The van der Waals surface area contributed by atoms with E-state index in [1.807, 2.05) is 20.8 Å². The van der Waals surface area contributed by atoms with Crippen LogP contribution in [0, 0.1) is 11.3 Å². The second-order valence-corrected chi connectivity index (χ2v) is 4.95. The molecule has 4 unspecified atom stereocenters. The van der Waals surface area contributed by atoms with E-state index in [-0.39, 0.29) is 17.8 Å². The molecule has 0 spiro atoms. The van der Waals surface area contributed by atoms with Gasteiger partial charge in [-0.25, -0.2) is 13.2 Å². The maximum Gasteiger partial charge on any atom is 0.162 e. The van der Waals surface area contributed by atoms with Crippen molar-refractivity contribution in [2.75, 3.05) is 0 Å². The number of halogens is 3. The minimum atomic E-state index is -1.92. The van der Waals surface area contributed by atoms with E-state index >= 15 is 0 Å².